The molecule has 1 saturated carbocycles. The van der Waals surface area contributed by atoms with Crippen LogP contribution >= 0.6 is 0 Å². The van der Waals surface area contributed by atoms with Crippen LogP contribution < -0.4 is 0 Å². The zero-order chi connectivity index (χ0) is 12.6. The Morgan fingerprint density at radius 3 is 2.59 bits per heavy atom. The van der Waals surface area contributed by atoms with Gasteiger partial charge in [0.1, 0.15) is 0 Å². The Morgan fingerprint density at radius 2 is 2.00 bits per heavy atom. The molecule has 1 aliphatic carbocycles. The van der Waals surface area contributed by atoms with Crippen molar-refractivity contribution in [3.05, 3.63) is 0 Å². The molecule has 3 nitrogen and oxygen atoms in total. The molecule has 1 N–H and O–H groups in total. The van der Waals surface area contributed by atoms with Gasteiger partial charge in [0.25, 0.3) is 0 Å². The largest absolute Gasteiger partial charge is 0.393 e. The Hall–Kier alpha value is -0.780. The van der Waals surface area contributed by atoms with Crippen LogP contribution in [0.2, 0.25) is 0 Å². The number of aliphatic hydroxyl groups is 1. The standard InChI is InChI=1S/C11H16F3NO2/c12-11(13,14)4-3-10(17)15-5-7-1-2-9(16)8(7)6-15/h7-9,16H,1-6H2. The van der Waals surface area contributed by atoms with E-state index in [1.165, 1.54) is 4.90 Å². The van der Waals surface area contributed by atoms with Gasteiger partial charge in [0.2, 0.25) is 5.91 Å². The van der Waals surface area contributed by atoms with Gasteiger partial charge < -0.3 is 10.0 Å². The van der Waals surface area contributed by atoms with Crippen molar-refractivity contribution < 1.29 is 23.1 Å². The number of halogens is 3. The Kier molecular flexibility index (Phi) is 3.34. The quantitative estimate of drug-likeness (QED) is 0.809. The molecule has 0 bridgehead atoms. The number of alkyl halides is 3. The van der Waals surface area contributed by atoms with E-state index >= 15 is 0 Å². The number of rotatable bonds is 2. The van der Waals surface area contributed by atoms with E-state index in [1.54, 1.807) is 0 Å². The number of fused-ring (bicyclic) bond motifs is 1. The second-order valence-electron chi connectivity index (χ2n) is 4.98. The molecular weight excluding hydrogens is 235 g/mol. The van der Waals surface area contributed by atoms with Gasteiger partial charge in [-0.05, 0) is 18.8 Å². The normalized spacial score (nSPS) is 32.9. The Labute approximate surface area is 97.6 Å². The van der Waals surface area contributed by atoms with Gasteiger partial charge in [-0.15, -0.1) is 0 Å². The summed E-state index contributed by atoms with van der Waals surface area (Å²) in [5.41, 5.74) is 0. The van der Waals surface area contributed by atoms with Crippen molar-refractivity contribution >= 4 is 5.91 Å². The number of carbonyl (C=O) groups excluding carboxylic acids is 1. The molecule has 1 heterocycles. The van der Waals surface area contributed by atoms with Gasteiger partial charge in [-0.25, -0.2) is 0 Å². The lowest BCUT2D eigenvalue weighted by Gasteiger charge is -2.18. The third-order valence-corrected chi connectivity index (χ3v) is 3.79. The first-order valence-corrected chi connectivity index (χ1v) is 5.89. The van der Waals surface area contributed by atoms with E-state index in [4.69, 9.17) is 0 Å². The molecule has 1 amide bonds. The number of likely N-dealkylation sites (tertiary alicyclic amines) is 1. The van der Waals surface area contributed by atoms with Crippen molar-refractivity contribution in [2.24, 2.45) is 11.8 Å². The van der Waals surface area contributed by atoms with Gasteiger partial charge in [-0.1, -0.05) is 0 Å². The lowest BCUT2D eigenvalue weighted by molar-refractivity contribution is -0.148. The fourth-order valence-electron chi connectivity index (χ4n) is 2.85. The molecule has 2 aliphatic rings. The summed E-state index contributed by atoms with van der Waals surface area (Å²) in [5.74, 6) is -0.0893. The molecule has 98 valence electrons. The molecule has 2 rings (SSSR count). The monoisotopic (exact) mass is 251 g/mol. The topological polar surface area (TPSA) is 40.5 Å². The number of amides is 1. The summed E-state index contributed by atoms with van der Waals surface area (Å²) >= 11 is 0. The van der Waals surface area contributed by atoms with Gasteiger partial charge in [0, 0.05) is 25.4 Å². The highest BCUT2D eigenvalue weighted by atomic mass is 19.4. The summed E-state index contributed by atoms with van der Waals surface area (Å²) in [4.78, 5) is 13.0. The maximum atomic E-state index is 12.0. The molecular formula is C11H16F3NO2. The highest BCUT2D eigenvalue weighted by Crippen LogP contribution is 2.38. The van der Waals surface area contributed by atoms with E-state index < -0.39 is 24.9 Å². The molecule has 0 spiro atoms. The van der Waals surface area contributed by atoms with Crippen LogP contribution in [-0.4, -0.2) is 41.3 Å². The molecule has 3 atom stereocenters. The predicted molar refractivity (Wildman–Crippen MR) is 54.1 cm³/mol. The molecule has 0 aromatic heterocycles. The summed E-state index contributed by atoms with van der Waals surface area (Å²) in [6.07, 6.45) is -4.57. The molecule has 1 saturated heterocycles. The van der Waals surface area contributed by atoms with Gasteiger partial charge in [-0.2, -0.15) is 13.2 Å². The zero-order valence-electron chi connectivity index (χ0n) is 9.41. The van der Waals surface area contributed by atoms with Crippen molar-refractivity contribution in [2.75, 3.05) is 13.1 Å². The van der Waals surface area contributed by atoms with Crippen molar-refractivity contribution in [1.82, 2.24) is 4.90 Å². The minimum Gasteiger partial charge on any atom is -0.393 e. The minimum absolute atomic E-state index is 0.0739. The summed E-state index contributed by atoms with van der Waals surface area (Å²) in [7, 11) is 0. The minimum atomic E-state index is -4.27. The van der Waals surface area contributed by atoms with Crippen molar-refractivity contribution in [1.29, 1.82) is 0 Å². The van der Waals surface area contributed by atoms with Crippen LogP contribution in [0.1, 0.15) is 25.7 Å². The van der Waals surface area contributed by atoms with E-state index in [1.807, 2.05) is 0 Å². The van der Waals surface area contributed by atoms with Crippen LogP contribution in [0.4, 0.5) is 13.2 Å². The molecule has 3 unspecified atom stereocenters. The van der Waals surface area contributed by atoms with Crippen LogP contribution in [0.3, 0.4) is 0 Å². The fraction of sp³-hybridized carbons (Fsp3) is 0.909. The highest BCUT2D eigenvalue weighted by molar-refractivity contribution is 5.76. The number of carbonyl (C=O) groups is 1. The molecule has 2 fully saturated rings. The third kappa shape index (κ3) is 2.91. The average molecular weight is 251 g/mol. The Balaban J connectivity index is 1.83. The molecule has 6 heteroatoms. The highest BCUT2D eigenvalue weighted by Gasteiger charge is 2.43. The number of aliphatic hydroxyl groups excluding tert-OH is 1. The second kappa shape index (κ2) is 4.48. The lowest BCUT2D eigenvalue weighted by Crippen LogP contribution is -2.31. The van der Waals surface area contributed by atoms with Crippen molar-refractivity contribution in [3.8, 4) is 0 Å². The molecule has 1 aliphatic heterocycles. The third-order valence-electron chi connectivity index (χ3n) is 3.79. The van der Waals surface area contributed by atoms with E-state index in [9.17, 15) is 23.1 Å². The van der Waals surface area contributed by atoms with Gasteiger partial charge in [0.15, 0.2) is 0 Å². The summed E-state index contributed by atoms with van der Waals surface area (Å²) in [6, 6.07) is 0. The SMILES string of the molecule is O=C(CCC(F)(F)F)N1CC2CCC(O)C2C1. The lowest BCUT2D eigenvalue weighted by atomic mass is 10.00. The summed E-state index contributed by atoms with van der Waals surface area (Å²) in [5, 5.41) is 9.64. The van der Waals surface area contributed by atoms with Gasteiger partial charge >= 0.3 is 6.18 Å². The number of hydrogen-bond acceptors (Lipinski definition) is 2. The van der Waals surface area contributed by atoms with E-state index in [0.717, 1.165) is 12.8 Å². The van der Waals surface area contributed by atoms with Crippen LogP contribution in [0.25, 0.3) is 0 Å². The zero-order valence-corrected chi connectivity index (χ0v) is 9.41. The maximum Gasteiger partial charge on any atom is 0.389 e. The summed E-state index contributed by atoms with van der Waals surface area (Å²) in [6.45, 7) is 0.931. The maximum absolute atomic E-state index is 12.0. The van der Waals surface area contributed by atoms with Crippen LogP contribution in [0, 0.1) is 11.8 Å². The van der Waals surface area contributed by atoms with Gasteiger partial charge in [0.05, 0.1) is 12.5 Å². The van der Waals surface area contributed by atoms with Crippen LogP contribution in [0.15, 0.2) is 0 Å². The molecule has 0 radical (unpaired) electrons. The van der Waals surface area contributed by atoms with E-state index in [0.29, 0.717) is 13.1 Å². The van der Waals surface area contributed by atoms with Crippen molar-refractivity contribution in [2.45, 2.75) is 38.0 Å². The average Bonchev–Trinajstić information content (AvgIpc) is 2.77. The van der Waals surface area contributed by atoms with Crippen molar-refractivity contribution in [3.63, 3.8) is 0 Å². The fourth-order valence-corrected chi connectivity index (χ4v) is 2.85. The van der Waals surface area contributed by atoms with Gasteiger partial charge in [-0.3, -0.25) is 4.79 Å². The number of nitrogens with zero attached hydrogens (tertiary/aromatic N) is 1. The first-order valence-electron chi connectivity index (χ1n) is 5.89. The first kappa shape index (κ1) is 12.7. The Bertz CT molecular complexity index is 306. The molecule has 17 heavy (non-hydrogen) atoms. The smallest absolute Gasteiger partial charge is 0.389 e. The predicted octanol–water partition coefficient (Wildman–Crippen LogP) is 1.56. The molecule has 0 aromatic carbocycles. The van der Waals surface area contributed by atoms with Crippen LogP contribution in [-0.2, 0) is 4.79 Å². The first-order chi connectivity index (χ1) is 7.87. The second-order valence-corrected chi connectivity index (χ2v) is 4.98. The molecule has 0 aromatic rings. The van der Waals surface area contributed by atoms with Crippen LogP contribution in [0.5, 0.6) is 0 Å². The Morgan fingerprint density at radius 1 is 1.29 bits per heavy atom. The summed E-state index contributed by atoms with van der Waals surface area (Å²) < 4.78 is 36.0. The van der Waals surface area contributed by atoms with E-state index in [-0.39, 0.29) is 17.9 Å². The van der Waals surface area contributed by atoms with E-state index in [2.05, 4.69) is 0 Å². The number of hydrogen-bond donors (Lipinski definition) is 1.